The molecule has 6 heteroatoms. The molecule has 0 radical (unpaired) electrons. The van der Waals surface area contributed by atoms with Crippen LogP contribution in [0.5, 0.6) is 0 Å². The summed E-state index contributed by atoms with van der Waals surface area (Å²) in [5, 5.41) is 5.18. The van der Waals surface area contributed by atoms with Crippen LogP contribution in [0.3, 0.4) is 0 Å². The standard InChI is InChI=1S/C11H24N4O2/c1-2-7-14-10(16)8-15-11(17)9(13)5-3-4-6-12/h9H,2-8,12-13H2,1H3,(H,14,16)(H,15,17). The minimum Gasteiger partial charge on any atom is -0.355 e. The SMILES string of the molecule is CCCNC(=O)CNC(=O)C(N)CCCCN. The summed E-state index contributed by atoms with van der Waals surface area (Å²) in [6, 6.07) is -0.555. The van der Waals surface area contributed by atoms with Crippen molar-refractivity contribution in [3.8, 4) is 0 Å². The van der Waals surface area contributed by atoms with Crippen molar-refractivity contribution in [1.82, 2.24) is 10.6 Å². The number of carbonyl (C=O) groups excluding carboxylic acids is 2. The van der Waals surface area contributed by atoms with Gasteiger partial charge in [-0.15, -0.1) is 0 Å². The average Bonchev–Trinajstić information content (AvgIpc) is 2.33. The normalized spacial score (nSPS) is 11.9. The Bertz CT molecular complexity index is 234. The summed E-state index contributed by atoms with van der Waals surface area (Å²) in [6.45, 7) is 3.18. The van der Waals surface area contributed by atoms with Gasteiger partial charge in [0.1, 0.15) is 0 Å². The van der Waals surface area contributed by atoms with Gasteiger partial charge in [-0.3, -0.25) is 9.59 Å². The summed E-state index contributed by atoms with van der Waals surface area (Å²) >= 11 is 0. The van der Waals surface area contributed by atoms with Crippen LogP contribution in [0.4, 0.5) is 0 Å². The maximum absolute atomic E-state index is 11.5. The molecule has 0 aromatic heterocycles. The molecule has 0 saturated heterocycles. The molecule has 0 aliphatic rings. The molecule has 0 bridgehead atoms. The van der Waals surface area contributed by atoms with Gasteiger partial charge in [-0.25, -0.2) is 0 Å². The monoisotopic (exact) mass is 244 g/mol. The summed E-state index contributed by atoms with van der Waals surface area (Å²) in [5.74, 6) is -0.469. The van der Waals surface area contributed by atoms with Gasteiger partial charge >= 0.3 is 0 Å². The lowest BCUT2D eigenvalue weighted by Crippen LogP contribution is -2.45. The number of amides is 2. The van der Waals surface area contributed by atoms with Gasteiger partial charge in [-0.2, -0.15) is 0 Å². The summed E-state index contributed by atoms with van der Waals surface area (Å²) in [6.07, 6.45) is 3.16. The topological polar surface area (TPSA) is 110 Å². The second-order valence-corrected chi connectivity index (χ2v) is 3.96. The molecule has 2 amide bonds. The number of hydrogen-bond acceptors (Lipinski definition) is 4. The van der Waals surface area contributed by atoms with E-state index in [1.807, 2.05) is 6.92 Å². The number of nitrogens with two attached hydrogens (primary N) is 2. The minimum absolute atomic E-state index is 0.0105. The fraction of sp³-hybridized carbons (Fsp3) is 0.818. The first-order valence-electron chi connectivity index (χ1n) is 6.11. The van der Waals surface area contributed by atoms with E-state index in [1.54, 1.807) is 0 Å². The highest BCUT2D eigenvalue weighted by Gasteiger charge is 2.13. The van der Waals surface area contributed by atoms with Gasteiger partial charge in [-0.05, 0) is 25.8 Å². The summed E-state index contributed by atoms with van der Waals surface area (Å²) in [5.41, 5.74) is 11.0. The maximum atomic E-state index is 11.5. The third-order valence-corrected chi connectivity index (χ3v) is 2.30. The van der Waals surface area contributed by atoms with Gasteiger partial charge in [-0.1, -0.05) is 13.3 Å². The highest BCUT2D eigenvalue weighted by Crippen LogP contribution is 1.97. The van der Waals surface area contributed by atoms with Gasteiger partial charge < -0.3 is 22.1 Å². The lowest BCUT2D eigenvalue weighted by Gasteiger charge is -2.11. The fourth-order valence-electron chi connectivity index (χ4n) is 1.27. The smallest absolute Gasteiger partial charge is 0.239 e. The molecule has 0 spiro atoms. The molecule has 0 aromatic rings. The zero-order valence-electron chi connectivity index (χ0n) is 10.5. The first-order valence-corrected chi connectivity index (χ1v) is 6.11. The number of carbonyl (C=O) groups is 2. The Balaban J connectivity index is 3.66. The zero-order valence-corrected chi connectivity index (χ0v) is 10.5. The molecular weight excluding hydrogens is 220 g/mol. The molecule has 6 nitrogen and oxygen atoms in total. The molecular formula is C11H24N4O2. The Morgan fingerprint density at radius 1 is 1.24 bits per heavy atom. The Kier molecular flexibility index (Phi) is 9.37. The molecule has 0 aliphatic heterocycles. The van der Waals surface area contributed by atoms with E-state index in [0.29, 0.717) is 19.5 Å². The van der Waals surface area contributed by atoms with E-state index in [0.717, 1.165) is 19.3 Å². The maximum Gasteiger partial charge on any atom is 0.239 e. The first kappa shape index (κ1) is 15.9. The van der Waals surface area contributed by atoms with Gasteiger partial charge in [0.25, 0.3) is 0 Å². The molecule has 0 fully saturated rings. The molecule has 17 heavy (non-hydrogen) atoms. The van der Waals surface area contributed by atoms with E-state index < -0.39 is 6.04 Å². The lowest BCUT2D eigenvalue weighted by atomic mass is 10.1. The predicted molar refractivity (Wildman–Crippen MR) is 67.2 cm³/mol. The first-order chi connectivity index (χ1) is 8.11. The van der Waals surface area contributed by atoms with Crippen molar-refractivity contribution >= 4 is 11.8 Å². The largest absolute Gasteiger partial charge is 0.355 e. The van der Waals surface area contributed by atoms with Crippen molar-refractivity contribution in [2.24, 2.45) is 11.5 Å². The summed E-state index contributed by atoms with van der Waals surface area (Å²) in [4.78, 5) is 22.7. The van der Waals surface area contributed by atoms with Crippen LogP contribution >= 0.6 is 0 Å². The van der Waals surface area contributed by atoms with Crippen molar-refractivity contribution in [3.63, 3.8) is 0 Å². The highest BCUT2D eigenvalue weighted by atomic mass is 16.2. The second-order valence-electron chi connectivity index (χ2n) is 3.96. The number of rotatable bonds is 9. The van der Waals surface area contributed by atoms with Crippen molar-refractivity contribution in [1.29, 1.82) is 0 Å². The van der Waals surface area contributed by atoms with Crippen molar-refractivity contribution in [2.75, 3.05) is 19.6 Å². The Morgan fingerprint density at radius 3 is 2.53 bits per heavy atom. The molecule has 0 aromatic carbocycles. The molecule has 1 atom stereocenters. The molecule has 0 saturated carbocycles. The molecule has 6 N–H and O–H groups in total. The zero-order chi connectivity index (χ0) is 13.1. The fourth-order valence-corrected chi connectivity index (χ4v) is 1.27. The number of nitrogens with one attached hydrogen (secondary N) is 2. The van der Waals surface area contributed by atoms with E-state index in [9.17, 15) is 9.59 Å². The van der Waals surface area contributed by atoms with Crippen molar-refractivity contribution in [3.05, 3.63) is 0 Å². The van der Waals surface area contributed by atoms with Gasteiger partial charge in [0.15, 0.2) is 0 Å². The van der Waals surface area contributed by atoms with E-state index in [1.165, 1.54) is 0 Å². The predicted octanol–water partition coefficient (Wildman–Crippen LogP) is -0.915. The molecule has 0 rings (SSSR count). The van der Waals surface area contributed by atoms with Gasteiger partial charge in [0, 0.05) is 6.54 Å². The van der Waals surface area contributed by atoms with Crippen LogP contribution in [0.1, 0.15) is 32.6 Å². The Labute approximate surface area is 102 Å². The Hall–Kier alpha value is -1.14. The lowest BCUT2D eigenvalue weighted by molar-refractivity contribution is -0.126. The quantitative estimate of drug-likeness (QED) is 0.393. The summed E-state index contributed by atoms with van der Waals surface area (Å²) in [7, 11) is 0. The van der Waals surface area contributed by atoms with E-state index in [4.69, 9.17) is 11.5 Å². The molecule has 1 unspecified atom stereocenters. The third kappa shape index (κ3) is 8.65. The molecule has 100 valence electrons. The van der Waals surface area contributed by atoms with Crippen LogP contribution in [0.2, 0.25) is 0 Å². The highest BCUT2D eigenvalue weighted by molar-refractivity contribution is 5.87. The number of hydrogen-bond donors (Lipinski definition) is 4. The van der Waals surface area contributed by atoms with E-state index >= 15 is 0 Å². The third-order valence-electron chi connectivity index (χ3n) is 2.30. The van der Waals surface area contributed by atoms with E-state index in [2.05, 4.69) is 10.6 Å². The van der Waals surface area contributed by atoms with Crippen LogP contribution < -0.4 is 22.1 Å². The van der Waals surface area contributed by atoms with Crippen LogP contribution in [-0.4, -0.2) is 37.5 Å². The molecule has 0 aliphatic carbocycles. The van der Waals surface area contributed by atoms with Crippen LogP contribution in [0, 0.1) is 0 Å². The van der Waals surface area contributed by atoms with Gasteiger partial charge in [0.05, 0.1) is 12.6 Å². The van der Waals surface area contributed by atoms with Crippen molar-refractivity contribution in [2.45, 2.75) is 38.6 Å². The summed E-state index contributed by atoms with van der Waals surface area (Å²) < 4.78 is 0. The van der Waals surface area contributed by atoms with E-state index in [-0.39, 0.29) is 18.4 Å². The van der Waals surface area contributed by atoms with Crippen LogP contribution in [0.15, 0.2) is 0 Å². The van der Waals surface area contributed by atoms with Crippen LogP contribution in [0.25, 0.3) is 0 Å². The van der Waals surface area contributed by atoms with Crippen molar-refractivity contribution < 1.29 is 9.59 Å². The van der Waals surface area contributed by atoms with Crippen LogP contribution in [-0.2, 0) is 9.59 Å². The number of unbranched alkanes of at least 4 members (excludes halogenated alkanes) is 1. The minimum atomic E-state index is -0.555. The Morgan fingerprint density at radius 2 is 1.94 bits per heavy atom. The van der Waals surface area contributed by atoms with Gasteiger partial charge in [0.2, 0.25) is 11.8 Å². The second kappa shape index (κ2) is 10.0. The molecule has 0 heterocycles. The average molecular weight is 244 g/mol.